The van der Waals surface area contributed by atoms with Gasteiger partial charge in [-0.1, -0.05) is 0 Å². The number of carbonyl (C=O) groups excluding carboxylic acids is 3. The van der Waals surface area contributed by atoms with Crippen molar-refractivity contribution >= 4 is 18.5 Å². The maximum absolute atomic E-state index is 11.3. The SMILES string of the molecule is C=O.CC(=O)C(C)NC(=O)C(NO)C(C)O. The molecular weight excluding hydrogens is 216 g/mol. The summed E-state index contributed by atoms with van der Waals surface area (Å²) in [6.07, 6.45) is -1.04. The van der Waals surface area contributed by atoms with Gasteiger partial charge in [0.25, 0.3) is 0 Å². The second kappa shape index (κ2) is 8.96. The predicted molar refractivity (Wildman–Crippen MR) is 55.8 cm³/mol. The number of hydroxylamine groups is 1. The third-order valence-corrected chi connectivity index (χ3v) is 1.87. The number of rotatable bonds is 5. The molecule has 0 saturated heterocycles. The largest absolute Gasteiger partial charge is 0.391 e. The van der Waals surface area contributed by atoms with E-state index in [0.29, 0.717) is 0 Å². The van der Waals surface area contributed by atoms with Crippen LogP contribution in [0.25, 0.3) is 0 Å². The summed E-state index contributed by atoms with van der Waals surface area (Å²) in [6.45, 7) is 6.22. The lowest BCUT2D eigenvalue weighted by Gasteiger charge is -2.19. The fourth-order valence-electron chi connectivity index (χ4n) is 0.790. The summed E-state index contributed by atoms with van der Waals surface area (Å²) in [6, 6.07) is -1.76. The minimum atomic E-state index is -1.13. The van der Waals surface area contributed by atoms with E-state index in [0.717, 1.165) is 0 Å². The van der Waals surface area contributed by atoms with Crippen molar-refractivity contribution in [1.29, 1.82) is 0 Å². The number of ketones is 1. The summed E-state index contributed by atoms with van der Waals surface area (Å²) in [5, 5.41) is 20.0. The Bertz CT molecular complexity index is 232. The quantitative estimate of drug-likeness (QED) is 0.436. The molecule has 3 atom stereocenters. The molecule has 7 heteroatoms. The molecule has 0 radical (unpaired) electrons. The van der Waals surface area contributed by atoms with E-state index in [1.165, 1.54) is 20.8 Å². The molecule has 0 aromatic rings. The van der Waals surface area contributed by atoms with Crippen LogP contribution in [-0.2, 0) is 14.4 Å². The molecule has 0 aliphatic rings. The molecule has 0 rings (SSSR count). The molecule has 0 fully saturated rings. The Morgan fingerprint density at radius 1 is 1.25 bits per heavy atom. The molecule has 0 aliphatic heterocycles. The third-order valence-electron chi connectivity index (χ3n) is 1.87. The Kier molecular flexibility index (Phi) is 9.57. The number of amides is 1. The van der Waals surface area contributed by atoms with E-state index >= 15 is 0 Å². The van der Waals surface area contributed by atoms with Gasteiger partial charge in [0, 0.05) is 0 Å². The highest BCUT2D eigenvalue weighted by Crippen LogP contribution is 1.93. The summed E-state index contributed by atoms with van der Waals surface area (Å²) >= 11 is 0. The van der Waals surface area contributed by atoms with Gasteiger partial charge in [0.15, 0.2) is 5.78 Å². The third kappa shape index (κ3) is 6.23. The van der Waals surface area contributed by atoms with Gasteiger partial charge in [0.05, 0.1) is 12.1 Å². The maximum Gasteiger partial charge on any atom is 0.242 e. The van der Waals surface area contributed by atoms with Crippen molar-refractivity contribution < 1.29 is 24.7 Å². The van der Waals surface area contributed by atoms with Crippen LogP contribution >= 0.6 is 0 Å². The lowest BCUT2D eigenvalue weighted by molar-refractivity contribution is -0.132. The molecule has 0 aliphatic carbocycles. The fourth-order valence-corrected chi connectivity index (χ4v) is 0.790. The molecular formula is C9H18N2O5. The highest BCUT2D eigenvalue weighted by Gasteiger charge is 2.24. The Morgan fingerprint density at radius 2 is 1.69 bits per heavy atom. The molecule has 3 unspecified atom stereocenters. The van der Waals surface area contributed by atoms with Gasteiger partial charge in [-0.05, 0) is 20.8 Å². The first kappa shape index (κ1) is 17.1. The van der Waals surface area contributed by atoms with Gasteiger partial charge in [0.1, 0.15) is 12.8 Å². The lowest BCUT2D eigenvalue weighted by atomic mass is 10.1. The van der Waals surface area contributed by atoms with Crippen LogP contribution in [0.15, 0.2) is 0 Å². The van der Waals surface area contributed by atoms with Crippen LogP contribution < -0.4 is 10.8 Å². The summed E-state index contributed by atoms with van der Waals surface area (Å²) in [5.74, 6) is -0.814. The molecule has 4 N–H and O–H groups in total. The Labute approximate surface area is 93.8 Å². The second-order valence-corrected chi connectivity index (χ2v) is 3.19. The summed E-state index contributed by atoms with van der Waals surface area (Å²) in [4.78, 5) is 30.1. The second-order valence-electron chi connectivity index (χ2n) is 3.19. The van der Waals surface area contributed by atoms with E-state index in [1.54, 1.807) is 5.48 Å². The first-order valence-corrected chi connectivity index (χ1v) is 4.57. The number of aliphatic hydroxyl groups is 1. The monoisotopic (exact) mass is 234 g/mol. The van der Waals surface area contributed by atoms with Gasteiger partial charge < -0.3 is 20.4 Å². The number of aliphatic hydroxyl groups excluding tert-OH is 1. The average molecular weight is 234 g/mol. The zero-order valence-electron chi connectivity index (χ0n) is 9.56. The van der Waals surface area contributed by atoms with Crippen molar-refractivity contribution in [2.24, 2.45) is 0 Å². The van der Waals surface area contributed by atoms with Crippen molar-refractivity contribution in [3.63, 3.8) is 0 Å². The number of carbonyl (C=O) groups is 3. The lowest BCUT2D eigenvalue weighted by Crippen LogP contribution is -2.52. The predicted octanol–water partition coefficient (Wildman–Crippen LogP) is -1.38. The Morgan fingerprint density at radius 3 is 1.94 bits per heavy atom. The molecule has 0 heterocycles. The molecule has 0 bridgehead atoms. The minimum Gasteiger partial charge on any atom is -0.391 e. The maximum atomic E-state index is 11.3. The van der Waals surface area contributed by atoms with Crippen molar-refractivity contribution in [2.75, 3.05) is 0 Å². The summed E-state index contributed by atoms with van der Waals surface area (Å²) < 4.78 is 0. The standard InChI is InChI=1S/C8H16N2O4.CH2O/c1-4(5(2)11)9-8(13)7(10-14)6(3)12;1-2/h4,6-7,10,12,14H,1-3H3,(H,9,13);1H2. The van der Waals surface area contributed by atoms with Crippen LogP contribution in [0, 0.1) is 0 Å². The van der Waals surface area contributed by atoms with Gasteiger partial charge >= 0.3 is 0 Å². The Balaban J connectivity index is 0. The normalized spacial score (nSPS) is 15.1. The molecule has 0 spiro atoms. The zero-order chi connectivity index (χ0) is 13.3. The highest BCUT2D eigenvalue weighted by atomic mass is 16.5. The van der Waals surface area contributed by atoms with Crippen molar-refractivity contribution in [1.82, 2.24) is 10.8 Å². The number of Topliss-reactive ketones (excluding diaryl/α,β-unsaturated/α-hetero) is 1. The van der Waals surface area contributed by atoms with Gasteiger partial charge in [0.2, 0.25) is 5.91 Å². The molecule has 0 saturated carbocycles. The molecule has 0 aromatic heterocycles. The van der Waals surface area contributed by atoms with Crippen LogP contribution in [0.4, 0.5) is 0 Å². The van der Waals surface area contributed by atoms with Crippen molar-refractivity contribution in [3.05, 3.63) is 0 Å². The minimum absolute atomic E-state index is 0.194. The van der Waals surface area contributed by atoms with E-state index in [4.69, 9.17) is 15.1 Å². The van der Waals surface area contributed by atoms with E-state index in [2.05, 4.69) is 5.32 Å². The number of hydrogen-bond donors (Lipinski definition) is 4. The van der Waals surface area contributed by atoms with Gasteiger partial charge in [-0.25, -0.2) is 0 Å². The van der Waals surface area contributed by atoms with E-state index < -0.39 is 24.1 Å². The van der Waals surface area contributed by atoms with Crippen LogP contribution in [-0.4, -0.2) is 47.0 Å². The van der Waals surface area contributed by atoms with Gasteiger partial charge in [-0.3, -0.25) is 9.59 Å². The molecule has 94 valence electrons. The first-order valence-electron chi connectivity index (χ1n) is 4.57. The van der Waals surface area contributed by atoms with Gasteiger partial charge in [-0.2, -0.15) is 5.48 Å². The van der Waals surface area contributed by atoms with Crippen LogP contribution in [0.3, 0.4) is 0 Å². The molecule has 1 amide bonds. The van der Waals surface area contributed by atoms with E-state index in [9.17, 15) is 9.59 Å². The average Bonchev–Trinajstić information content (AvgIpc) is 2.20. The van der Waals surface area contributed by atoms with Crippen LogP contribution in [0.5, 0.6) is 0 Å². The topological polar surface area (TPSA) is 116 Å². The van der Waals surface area contributed by atoms with E-state index in [1.807, 2.05) is 6.79 Å². The molecule has 0 aromatic carbocycles. The van der Waals surface area contributed by atoms with Crippen molar-refractivity contribution in [2.45, 2.75) is 39.0 Å². The van der Waals surface area contributed by atoms with Crippen LogP contribution in [0.2, 0.25) is 0 Å². The number of nitrogens with one attached hydrogen (secondary N) is 2. The summed E-state index contributed by atoms with van der Waals surface area (Å²) in [7, 11) is 0. The molecule has 7 nitrogen and oxygen atoms in total. The summed E-state index contributed by atoms with van der Waals surface area (Å²) in [5.41, 5.74) is 1.67. The van der Waals surface area contributed by atoms with Crippen LogP contribution in [0.1, 0.15) is 20.8 Å². The zero-order valence-corrected chi connectivity index (χ0v) is 9.56. The van der Waals surface area contributed by atoms with E-state index in [-0.39, 0.29) is 5.78 Å². The Hall–Kier alpha value is -1.31. The van der Waals surface area contributed by atoms with Crippen molar-refractivity contribution in [3.8, 4) is 0 Å². The van der Waals surface area contributed by atoms with Gasteiger partial charge in [-0.15, -0.1) is 0 Å². The molecule has 16 heavy (non-hydrogen) atoms. The smallest absolute Gasteiger partial charge is 0.242 e. The number of hydrogen-bond acceptors (Lipinski definition) is 6. The first-order chi connectivity index (χ1) is 7.40. The highest BCUT2D eigenvalue weighted by molar-refractivity contribution is 5.89. The fraction of sp³-hybridized carbons (Fsp3) is 0.667.